The molecule has 1 atom stereocenters. The Hall–Kier alpha value is -3.21. The van der Waals surface area contributed by atoms with Gasteiger partial charge in [0.2, 0.25) is 0 Å². The Bertz CT molecular complexity index is 1100. The molecule has 1 heterocycles. The first kappa shape index (κ1) is 22.0. The van der Waals surface area contributed by atoms with Gasteiger partial charge >= 0.3 is 0 Å². The van der Waals surface area contributed by atoms with Gasteiger partial charge in [-0.25, -0.2) is 0 Å². The summed E-state index contributed by atoms with van der Waals surface area (Å²) < 4.78 is 13.0. The van der Waals surface area contributed by atoms with Crippen molar-refractivity contribution in [1.82, 2.24) is 9.88 Å². The van der Waals surface area contributed by atoms with E-state index in [1.54, 1.807) is 14.2 Å². The minimum Gasteiger partial charge on any atom is -0.493 e. The molecule has 0 saturated carbocycles. The molecule has 4 rings (SSSR count). The van der Waals surface area contributed by atoms with Gasteiger partial charge in [-0.2, -0.15) is 0 Å². The summed E-state index contributed by atoms with van der Waals surface area (Å²) in [4.78, 5) is 12.6. The Morgan fingerprint density at radius 1 is 1.06 bits per heavy atom. The number of ether oxygens (including phenoxy) is 2. The van der Waals surface area contributed by atoms with Crippen LogP contribution in [-0.2, 0) is 19.3 Å². The van der Waals surface area contributed by atoms with Crippen molar-refractivity contribution < 1.29 is 14.3 Å². The molecule has 0 saturated heterocycles. The van der Waals surface area contributed by atoms with E-state index in [1.807, 2.05) is 30.3 Å². The number of hydrogen-bond donors (Lipinski definition) is 1. The molecule has 2 aromatic carbocycles. The molecule has 0 spiro atoms. The fraction of sp³-hybridized carbons (Fsp3) is 0.370. The number of nitrogens with zero attached hydrogens (tertiary/aromatic N) is 1. The number of benzene rings is 2. The van der Waals surface area contributed by atoms with Crippen LogP contribution in [0.1, 0.15) is 46.2 Å². The number of nitrogens with one attached hydrogen (secondary N) is 1. The van der Waals surface area contributed by atoms with E-state index in [2.05, 4.69) is 41.9 Å². The van der Waals surface area contributed by atoms with Crippen molar-refractivity contribution >= 4 is 5.91 Å². The van der Waals surface area contributed by atoms with Crippen LogP contribution in [0.2, 0.25) is 0 Å². The zero-order valence-corrected chi connectivity index (χ0v) is 19.4. The number of hydrogen-bond acceptors (Lipinski definition) is 3. The van der Waals surface area contributed by atoms with Crippen LogP contribution in [0.4, 0.5) is 0 Å². The molecule has 1 N–H and O–H groups in total. The summed E-state index contributed by atoms with van der Waals surface area (Å²) >= 11 is 0. The quantitative estimate of drug-likeness (QED) is 0.578. The molecule has 0 bridgehead atoms. The van der Waals surface area contributed by atoms with Gasteiger partial charge in [0.25, 0.3) is 5.91 Å². The van der Waals surface area contributed by atoms with E-state index < -0.39 is 0 Å². The summed E-state index contributed by atoms with van der Waals surface area (Å²) in [7, 11) is 3.24. The number of fused-ring (bicyclic) bond motifs is 1. The molecule has 0 unspecified atom stereocenters. The van der Waals surface area contributed by atoms with Gasteiger partial charge in [-0.15, -0.1) is 0 Å². The first-order chi connectivity index (χ1) is 15.5. The first-order valence-electron chi connectivity index (χ1n) is 11.3. The van der Waals surface area contributed by atoms with E-state index in [0.717, 1.165) is 36.4 Å². The van der Waals surface area contributed by atoms with Crippen LogP contribution in [0.3, 0.4) is 0 Å². The van der Waals surface area contributed by atoms with Gasteiger partial charge in [-0.1, -0.05) is 13.0 Å². The van der Waals surface area contributed by atoms with Gasteiger partial charge in [-0.3, -0.25) is 4.79 Å². The highest BCUT2D eigenvalue weighted by Crippen LogP contribution is 2.31. The van der Waals surface area contributed by atoms with Crippen LogP contribution in [0.25, 0.3) is 5.69 Å². The van der Waals surface area contributed by atoms with E-state index in [-0.39, 0.29) is 5.91 Å². The van der Waals surface area contributed by atoms with Gasteiger partial charge in [0, 0.05) is 29.2 Å². The maximum atomic E-state index is 12.6. The molecule has 3 aromatic rings. The number of carbonyl (C=O) groups excluding carboxylic acids is 1. The van der Waals surface area contributed by atoms with Crippen molar-refractivity contribution in [3.8, 4) is 17.2 Å². The summed E-state index contributed by atoms with van der Waals surface area (Å²) in [6.07, 6.45) is 4.22. The SMILES string of the molecule is COc1ccc(CCNC(=O)c2ccc(-n3c(C)cc4c3CC[C@@H](C)C4)cc2)cc1OC. The van der Waals surface area contributed by atoms with Gasteiger partial charge < -0.3 is 19.4 Å². The second-order valence-electron chi connectivity index (χ2n) is 8.68. The van der Waals surface area contributed by atoms with Crippen LogP contribution >= 0.6 is 0 Å². The van der Waals surface area contributed by atoms with Crippen molar-refractivity contribution in [2.75, 3.05) is 20.8 Å². The fourth-order valence-electron chi connectivity index (χ4n) is 4.65. The molecule has 5 nitrogen and oxygen atoms in total. The van der Waals surface area contributed by atoms with E-state index in [9.17, 15) is 4.79 Å². The van der Waals surface area contributed by atoms with E-state index in [0.29, 0.717) is 23.6 Å². The van der Waals surface area contributed by atoms with Gasteiger partial charge in [-0.05, 0) is 92.1 Å². The summed E-state index contributed by atoms with van der Waals surface area (Å²) in [5.41, 5.74) is 7.04. The normalized spacial score (nSPS) is 15.2. The highest BCUT2D eigenvalue weighted by molar-refractivity contribution is 5.94. The number of aryl methyl sites for hydroxylation is 1. The lowest BCUT2D eigenvalue weighted by Gasteiger charge is -2.21. The number of methoxy groups -OCH3 is 2. The molecule has 1 amide bonds. The fourth-order valence-corrected chi connectivity index (χ4v) is 4.65. The van der Waals surface area contributed by atoms with Gasteiger partial charge in [0.05, 0.1) is 14.2 Å². The Morgan fingerprint density at radius 2 is 1.81 bits per heavy atom. The van der Waals surface area contributed by atoms with Crippen molar-refractivity contribution in [2.24, 2.45) is 5.92 Å². The van der Waals surface area contributed by atoms with E-state index in [1.165, 1.54) is 23.4 Å². The molecule has 32 heavy (non-hydrogen) atoms. The Labute approximate surface area is 190 Å². The highest BCUT2D eigenvalue weighted by Gasteiger charge is 2.21. The third kappa shape index (κ3) is 4.52. The van der Waals surface area contributed by atoms with Crippen molar-refractivity contribution in [1.29, 1.82) is 0 Å². The molecule has 0 radical (unpaired) electrons. The number of aromatic nitrogens is 1. The number of rotatable bonds is 7. The maximum Gasteiger partial charge on any atom is 0.251 e. The topological polar surface area (TPSA) is 52.5 Å². The predicted octanol–water partition coefficient (Wildman–Crippen LogP) is 4.90. The van der Waals surface area contributed by atoms with Crippen molar-refractivity contribution in [2.45, 2.75) is 39.5 Å². The van der Waals surface area contributed by atoms with Crippen molar-refractivity contribution in [3.05, 3.63) is 76.6 Å². The van der Waals surface area contributed by atoms with Crippen LogP contribution in [0.15, 0.2) is 48.5 Å². The summed E-state index contributed by atoms with van der Waals surface area (Å²) in [5, 5.41) is 3.02. The summed E-state index contributed by atoms with van der Waals surface area (Å²) in [5.74, 6) is 2.10. The Morgan fingerprint density at radius 3 is 2.53 bits per heavy atom. The van der Waals surface area contributed by atoms with E-state index >= 15 is 0 Å². The Balaban J connectivity index is 1.39. The lowest BCUT2D eigenvalue weighted by molar-refractivity contribution is 0.0954. The standard InChI is InChI=1S/C27H32N2O3/c1-18-5-11-24-22(15-18)16-19(2)29(24)23-9-7-21(8-10-23)27(30)28-14-13-20-6-12-25(31-3)26(17-20)32-4/h6-10,12,16-18H,5,11,13-15H2,1-4H3,(H,28,30)/t18-/m1/s1. The smallest absolute Gasteiger partial charge is 0.251 e. The second kappa shape index (κ2) is 9.51. The van der Waals surface area contributed by atoms with Gasteiger partial charge in [0.1, 0.15) is 0 Å². The average molecular weight is 433 g/mol. The monoisotopic (exact) mass is 432 g/mol. The largest absolute Gasteiger partial charge is 0.493 e. The minimum atomic E-state index is -0.0582. The average Bonchev–Trinajstić information content (AvgIpc) is 3.13. The summed E-state index contributed by atoms with van der Waals surface area (Å²) in [6, 6.07) is 16.1. The molecule has 5 heteroatoms. The molecule has 0 aliphatic heterocycles. The first-order valence-corrected chi connectivity index (χ1v) is 11.3. The Kier molecular flexibility index (Phi) is 6.54. The number of carbonyl (C=O) groups is 1. The predicted molar refractivity (Wildman–Crippen MR) is 127 cm³/mol. The van der Waals surface area contributed by atoms with E-state index in [4.69, 9.17) is 9.47 Å². The second-order valence-corrected chi connectivity index (χ2v) is 8.68. The lowest BCUT2D eigenvalue weighted by atomic mass is 9.89. The zero-order valence-electron chi connectivity index (χ0n) is 19.4. The molecule has 1 aromatic heterocycles. The minimum absolute atomic E-state index is 0.0582. The maximum absolute atomic E-state index is 12.6. The third-order valence-corrected chi connectivity index (χ3v) is 6.35. The highest BCUT2D eigenvalue weighted by atomic mass is 16.5. The zero-order chi connectivity index (χ0) is 22.7. The molecule has 1 aliphatic rings. The van der Waals surface area contributed by atoms with Crippen molar-refractivity contribution in [3.63, 3.8) is 0 Å². The van der Waals surface area contributed by atoms with Crippen LogP contribution in [0, 0.1) is 12.8 Å². The molecular weight excluding hydrogens is 400 g/mol. The van der Waals surface area contributed by atoms with Crippen LogP contribution in [-0.4, -0.2) is 31.2 Å². The molecule has 168 valence electrons. The molecular formula is C27H32N2O3. The molecule has 0 fully saturated rings. The summed E-state index contributed by atoms with van der Waals surface area (Å²) in [6.45, 7) is 5.05. The third-order valence-electron chi connectivity index (χ3n) is 6.35. The van der Waals surface area contributed by atoms with Crippen LogP contribution < -0.4 is 14.8 Å². The van der Waals surface area contributed by atoms with Crippen LogP contribution in [0.5, 0.6) is 11.5 Å². The number of amides is 1. The lowest BCUT2D eigenvalue weighted by Crippen LogP contribution is -2.25. The van der Waals surface area contributed by atoms with Gasteiger partial charge in [0.15, 0.2) is 11.5 Å². The molecule has 1 aliphatic carbocycles.